The molecule has 1 unspecified atom stereocenters. The second-order valence-electron chi connectivity index (χ2n) is 3.95. The van der Waals surface area contributed by atoms with Gasteiger partial charge in [-0.25, -0.2) is 0 Å². The van der Waals surface area contributed by atoms with E-state index >= 15 is 0 Å². The highest BCUT2D eigenvalue weighted by atomic mass is 79.9. The Balaban J connectivity index is 1.83. The van der Waals surface area contributed by atoms with Crippen molar-refractivity contribution in [2.45, 2.75) is 12.6 Å². The number of hydrogen-bond acceptors (Lipinski definition) is 3. The molecule has 0 saturated heterocycles. The van der Waals surface area contributed by atoms with Crippen LogP contribution in [0.5, 0.6) is 0 Å². The zero-order valence-corrected chi connectivity index (χ0v) is 13.6. The SMILES string of the molecule is OC(CNCc1ccc(Br)c(Br)c1)c1ccsc1. The smallest absolute Gasteiger partial charge is 0.0922 e. The van der Waals surface area contributed by atoms with E-state index in [4.69, 9.17) is 0 Å². The van der Waals surface area contributed by atoms with Gasteiger partial charge in [-0.2, -0.15) is 11.3 Å². The maximum Gasteiger partial charge on any atom is 0.0922 e. The van der Waals surface area contributed by atoms with Crippen LogP contribution in [0, 0.1) is 0 Å². The van der Waals surface area contributed by atoms with Crippen molar-refractivity contribution in [2.75, 3.05) is 6.54 Å². The molecule has 0 bridgehead atoms. The highest BCUT2D eigenvalue weighted by molar-refractivity contribution is 9.13. The summed E-state index contributed by atoms with van der Waals surface area (Å²) in [7, 11) is 0. The van der Waals surface area contributed by atoms with Crippen LogP contribution in [0.15, 0.2) is 44.0 Å². The molecular weight excluding hydrogens is 378 g/mol. The third kappa shape index (κ3) is 3.90. The Labute approximate surface area is 127 Å². The van der Waals surface area contributed by atoms with Crippen LogP contribution in [-0.2, 0) is 6.54 Å². The molecule has 0 amide bonds. The minimum absolute atomic E-state index is 0.435. The molecule has 1 heterocycles. The lowest BCUT2D eigenvalue weighted by Crippen LogP contribution is -2.20. The number of aliphatic hydroxyl groups is 1. The Bertz CT molecular complexity index is 502. The molecule has 0 aliphatic heterocycles. The van der Waals surface area contributed by atoms with Gasteiger partial charge in [0, 0.05) is 22.0 Å². The summed E-state index contributed by atoms with van der Waals surface area (Å²) in [5, 5.41) is 17.1. The third-order valence-corrected chi connectivity index (χ3v) is 5.16. The highest BCUT2D eigenvalue weighted by Crippen LogP contribution is 2.23. The molecule has 0 aliphatic rings. The standard InChI is InChI=1S/C13H13Br2NOS/c14-11-2-1-9(5-12(11)15)6-16-7-13(17)10-3-4-18-8-10/h1-5,8,13,16-17H,6-7H2. The maximum absolute atomic E-state index is 9.91. The largest absolute Gasteiger partial charge is 0.387 e. The van der Waals surface area contributed by atoms with Crippen LogP contribution in [0.3, 0.4) is 0 Å². The first kappa shape index (κ1) is 14.2. The lowest BCUT2D eigenvalue weighted by molar-refractivity contribution is 0.175. The summed E-state index contributed by atoms with van der Waals surface area (Å²) in [5.74, 6) is 0. The van der Waals surface area contributed by atoms with E-state index in [-0.39, 0.29) is 0 Å². The van der Waals surface area contributed by atoms with Crippen molar-refractivity contribution < 1.29 is 5.11 Å². The predicted octanol–water partition coefficient (Wildman–Crippen LogP) is 4.10. The predicted molar refractivity (Wildman–Crippen MR) is 82.8 cm³/mol. The number of benzene rings is 1. The molecule has 5 heteroatoms. The summed E-state index contributed by atoms with van der Waals surface area (Å²) >= 11 is 8.52. The van der Waals surface area contributed by atoms with Crippen LogP contribution in [0.1, 0.15) is 17.2 Å². The van der Waals surface area contributed by atoms with E-state index in [1.54, 1.807) is 11.3 Å². The molecule has 2 N–H and O–H groups in total. The summed E-state index contributed by atoms with van der Waals surface area (Å²) in [4.78, 5) is 0. The normalized spacial score (nSPS) is 12.6. The van der Waals surface area contributed by atoms with Gasteiger partial charge in [-0.15, -0.1) is 0 Å². The average molecular weight is 391 g/mol. The Morgan fingerprint density at radius 3 is 2.72 bits per heavy atom. The third-order valence-electron chi connectivity index (χ3n) is 2.58. The summed E-state index contributed by atoms with van der Waals surface area (Å²) < 4.78 is 2.09. The maximum atomic E-state index is 9.91. The van der Waals surface area contributed by atoms with Crippen molar-refractivity contribution in [3.63, 3.8) is 0 Å². The van der Waals surface area contributed by atoms with Crippen molar-refractivity contribution in [1.82, 2.24) is 5.32 Å². The summed E-state index contributed by atoms with van der Waals surface area (Å²) in [5.41, 5.74) is 2.16. The lowest BCUT2D eigenvalue weighted by atomic mass is 10.2. The van der Waals surface area contributed by atoms with Crippen LogP contribution in [0.4, 0.5) is 0 Å². The number of halogens is 2. The van der Waals surface area contributed by atoms with Crippen LogP contribution in [0.25, 0.3) is 0 Å². The van der Waals surface area contributed by atoms with Gasteiger partial charge in [0.1, 0.15) is 0 Å². The molecule has 1 atom stereocenters. The van der Waals surface area contributed by atoms with E-state index in [0.717, 1.165) is 21.1 Å². The molecule has 1 aromatic heterocycles. The van der Waals surface area contributed by atoms with E-state index in [0.29, 0.717) is 6.54 Å². The van der Waals surface area contributed by atoms with Gasteiger partial charge in [0.15, 0.2) is 0 Å². The van der Waals surface area contributed by atoms with Gasteiger partial charge in [0.2, 0.25) is 0 Å². The van der Waals surface area contributed by atoms with Crippen molar-refractivity contribution >= 4 is 43.2 Å². The average Bonchev–Trinajstić information content (AvgIpc) is 2.87. The van der Waals surface area contributed by atoms with E-state index in [2.05, 4.69) is 49.3 Å². The van der Waals surface area contributed by atoms with Gasteiger partial charge in [-0.3, -0.25) is 0 Å². The zero-order valence-electron chi connectivity index (χ0n) is 9.57. The number of rotatable bonds is 5. The zero-order chi connectivity index (χ0) is 13.0. The van der Waals surface area contributed by atoms with E-state index < -0.39 is 6.10 Å². The molecule has 0 saturated carbocycles. The van der Waals surface area contributed by atoms with Crippen LogP contribution in [-0.4, -0.2) is 11.7 Å². The molecule has 0 spiro atoms. The van der Waals surface area contributed by atoms with E-state index in [1.807, 2.05) is 22.9 Å². The first-order chi connectivity index (χ1) is 8.66. The van der Waals surface area contributed by atoms with Crippen LogP contribution in [0.2, 0.25) is 0 Å². The number of aliphatic hydroxyl groups excluding tert-OH is 1. The van der Waals surface area contributed by atoms with Gasteiger partial charge >= 0.3 is 0 Å². The first-order valence-corrected chi connectivity index (χ1v) is 8.04. The number of hydrogen-bond donors (Lipinski definition) is 2. The monoisotopic (exact) mass is 389 g/mol. The minimum Gasteiger partial charge on any atom is -0.387 e. The van der Waals surface area contributed by atoms with Crippen molar-refractivity contribution in [3.05, 3.63) is 55.1 Å². The number of nitrogens with one attached hydrogen (secondary N) is 1. The van der Waals surface area contributed by atoms with Crippen LogP contribution >= 0.6 is 43.2 Å². The van der Waals surface area contributed by atoms with Gasteiger partial charge in [-0.1, -0.05) is 6.07 Å². The lowest BCUT2D eigenvalue weighted by Gasteiger charge is -2.11. The fraction of sp³-hybridized carbons (Fsp3) is 0.231. The second kappa shape index (κ2) is 6.82. The first-order valence-electron chi connectivity index (χ1n) is 5.51. The summed E-state index contributed by atoms with van der Waals surface area (Å²) in [6.45, 7) is 1.30. The molecule has 0 fully saturated rings. The van der Waals surface area contributed by atoms with Gasteiger partial charge in [0.05, 0.1) is 6.10 Å². The Hall–Kier alpha value is -0.200. The van der Waals surface area contributed by atoms with Crippen molar-refractivity contribution in [1.29, 1.82) is 0 Å². The Morgan fingerprint density at radius 1 is 1.22 bits per heavy atom. The molecule has 1 aromatic carbocycles. The fourth-order valence-electron chi connectivity index (χ4n) is 1.59. The molecular formula is C13H13Br2NOS. The van der Waals surface area contributed by atoms with Gasteiger partial charge < -0.3 is 10.4 Å². The summed E-state index contributed by atoms with van der Waals surface area (Å²) in [6.07, 6.45) is -0.435. The second-order valence-corrected chi connectivity index (χ2v) is 6.44. The van der Waals surface area contributed by atoms with E-state index in [9.17, 15) is 5.11 Å². The van der Waals surface area contributed by atoms with Crippen molar-refractivity contribution in [2.24, 2.45) is 0 Å². The molecule has 18 heavy (non-hydrogen) atoms. The topological polar surface area (TPSA) is 32.3 Å². The fourth-order valence-corrected chi connectivity index (χ4v) is 2.97. The van der Waals surface area contributed by atoms with Gasteiger partial charge in [0.25, 0.3) is 0 Å². The molecule has 2 aromatic rings. The molecule has 2 rings (SSSR count). The van der Waals surface area contributed by atoms with E-state index in [1.165, 1.54) is 5.56 Å². The Kier molecular flexibility index (Phi) is 5.38. The Morgan fingerprint density at radius 2 is 2.06 bits per heavy atom. The molecule has 2 nitrogen and oxygen atoms in total. The van der Waals surface area contributed by atoms with Crippen LogP contribution < -0.4 is 5.32 Å². The number of thiophene rings is 1. The highest BCUT2D eigenvalue weighted by Gasteiger charge is 2.07. The minimum atomic E-state index is -0.435. The van der Waals surface area contributed by atoms with Crippen molar-refractivity contribution in [3.8, 4) is 0 Å². The summed E-state index contributed by atoms with van der Waals surface area (Å²) in [6, 6.07) is 8.08. The molecule has 96 valence electrons. The molecule has 0 radical (unpaired) electrons. The quantitative estimate of drug-likeness (QED) is 0.805. The van der Waals surface area contributed by atoms with Gasteiger partial charge in [-0.05, 0) is 71.9 Å². The molecule has 0 aliphatic carbocycles.